The highest BCUT2D eigenvalue weighted by Crippen LogP contribution is 2.33. The zero-order valence-corrected chi connectivity index (χ0v) is 14.2. The zero-order valence-electron chi connectivity index (χ0n) is 12.6. The van der Waals surface area contributed by atoms with Crippen molar-refractivity contribution in [1.29, 1.82) is 0 Å². The minimum atomic E-state index is -0.150. The van der Waals surface area contributed by atoms with Gasteiger partial charge in [0, 0.05) is 11.7 Å². The highest BCUT2D eigenvalue weighted by molar-refractivity contribution is 8.02. The normalized spacial score (nSPS) is 12.8. The lowest BCUT2D eigenvalue weighted by atomic mass is 10.2. The molecule has 4 nitrogen and oxygen atoms in total. The van der Waals surface area contributed by atoms with E-state index in [-0.39, 0.29) is 17.2 Å². The molecule has 21 heavy (non-hydrogen) atoms. The van der Waals surface area contributed by atoms with Crippen molar-refractivity contribution >= 4 is 44.9 Å². The molecule has 1 unspecified atom stereocenters. The third-order valence-electron chi connectivity index (χ3n) is 3.37. The molecule has 0 aliphatic rings. The maximum absolute atomic E-state index is 12.2. The van der Waals surface area contributed by atoms with E-state index in [9.17, 15) is 4.79 Å². The van der Waals surface area contributed by atoms with Crippen molar-refractivity contribution in [1.82, 2.24) is 10.3 Å². The highest BCUT2D eigenvalue weighted by atomic mass is 32.2. The monoisotopic (exact) mass is 323 g/mol. The Balaban J connectivity index is 2.03. The van der Waals surface area contributed by atoms with E-state index in [2.05, 4.69) is 24.1 Å². The van der Waals surface area contributed by atoms with E-state index in [0.29, 0.717) is 0 Å². The summed E-state index contributed by atoms with van der Waals surface area (Å²) in [5.74, 6) is 0.0764. The van der Waals surface area contributed by atoms with Gasteiger partial charge in [0.1, 0.15) is 0 Å². The Kier molecular flexibility index (Phi) is 5.47. The first-order chi connectivity index (χ1) is 10.0. The van der Waals surface area contributed by atoms with Crippen LogP contribution in [0.1, 0.15) is 33.6 Å². The van der Waals surface area contributed by atoms with Gasteiger partial charge < -0.3 is 11.1 Å². The number of thioether (sulfide) groups is 1. The van der Waals surface area contributed by atoms with E-state index in [1.54, 1.807) is 11.3 Å². The highest BCUT2D eigenvalue weighted by Gasteiger charge is 2.18. The van der Waals surface area contributed by atoms with Crippen molar-refractivity contribution in [3.8, 4) is 0 Å². The van der Waals surface area contributed by atoms with Crippen LogP contribution in [-0.4, -0.2) is 22.2 Å². The molecule has 0 aliphatic carbocycles. The maximum atomic E-state index is 12.2. The van der Waals surface area contributed by atoms with Gasteiger partial charge in [0.25, 0.3) is 0 Å². The van der Waals surface area contributed by atoms with Crippen LogP contribution in [0.3, 0.4) is 0 Å². The first kappa shape index (κ1) is 16.1. The molecule has 2 rings (SSSR count). The summed E-state index contributed by atoms with van der Waals surface area (Å²) in [5, 5.41) is 2.93. The largest absolute Gasteiger partial charge is 0.399 e. The molecule has 2 aromatic rings. The van der Waals surface area contributed by atoms with Crippen LogP contribution >= 0.6 is 23.1 Å². The van der Waals surface area contributed by atoms with E-state index in [0.717, 1.165) is 33.1 Å². The Labute approximate surface area is 133 Å². The number of amides is 1. The summed E-state index contributed by atoms with van der Waals surface area (Å²) in [6.07, 6.45) is 1.92. The number of nitrogen functional groups attached to an aromatic ring is 1. The fraction of sp³-hybridized carbons (Fsp3) is 0.467. The summed E-state index contributed by atoms with van der Waals surface area (Å²) in [5.41, 5.74) is 7.45. The number of fused-ring (bicyclic) bond motifs is 1. The molecule has 0 saturated carbocycles. The molecule has 3 N–H and O–H groups in total. The van der Waals surface area contributed by atoms with E-state index < -0.39 is 0 Å². The summed E-state index contributed by atoms with van der Waals surface area (Å²) >= 11 is 3.08. The molecular formula is C15H21N3OS2. The van der Waals surface area contributed by atoms with Crippen LogP contribution in [0.5, 0.6) is 0 Å². The van der Waals surface area contributed by atoms with Crippen LogP contribution in [-0.2, 0) is 4.79 Å². The second-order valence-electron chi connectivity index (χ2n) is 4.99. The van der Waals surface area contributed by atoms with Crippen LogP contribution in [0.15, 0.2) is 22.5 Å². The van der Waals surface area contributed by atoms with Crippen molar-refractivity contribution in [3.05, 3.63) is 18.2 Å². The molecule has 114 valence electrons. The fourth-order valence-corrected chi connectivity index (χ4v) is 4.26. The number of hydrogen-bond donors (Lipinski definition) is 2. The molecule has 1 amide bonds. The van der Waals surface area contributed by atoms with Crippen molar-refractivity contribution in [2.24, 2.45) is 0 Å². The van der Waals surface area contributed by atoms with E-state index >= 15 is 0 Å². The molecule has 0 fully saturated rings. The van der Waals surface area contributed by atoms with Crippen LogP contribution in [0.25, 0.3) is 10.2 Å². The van der Waals surface area contributed by atoms with Gasteiger partial charge in [0.15, 0.2) is 4.34 Å². The Morgan fingerprint density at radius 1 is 1.43 bits per heavy atom. The average molecular weight is 323 g/mol. The number of hydrogen-bond acceptors (Lipinski definition) is 5. The van der Waals surface area contributed by atoms with Crippen molar-refractivity contribution in [3.63, 3.8) is 0 Å². The molecule has 0 spiro atoms. The van der Waals surface area contributed by atoms with Crippen LogP contribution in [0, 0.1) is 0 Å². The van der Waals surface area contributed by atoms with Gasteiger partial charge in [-0.3, -0.25) is 4.79 Å². The van der Waals surface area contributed by atoms with E-state index in [1.807, 2.05) is 25.1 Å². The summed E-state index contributed by atoms with van der Waals surface area (Å²) in [4.78, 5) is 16.7. The predicted molar refractivity (Wildman–Crippen MR) is 91.9 cm³/mol. The number of nitrogens with two attached hydrogens (primary N) is 1. The summed E-state index contributed by atoms with van der Waals surface area (Å²) in [6.45, 7) is 6.09. The van der Waals surface area contributed by atoms with Gasteiger partial charge in [-0.25, -0.2) is 4.98 Å². The summed E-state index contributed by atoms with van der Waals surface area (Å²) in [7, 11) is 0. The second kappa shape index (κ2) is 7.13. The maximum Gasteiger partial charge on any atom is 0.233 e. The quantitative estimate of drug-likeness (QED) is 0.629. The fourth-order valence-electron chi connectivity index (χ4n) is 1.99. The lowest BCUT2D eigenvalue weighted by molar-refractivity contribution is -0.121. The van der Waals surface area contributed by atoms with E-state index in [4.69, 9.17) is 5.73 Å². The Hall–Kier alpha value is -1.27. The van der Waals surface area contributed by atoms with Gasteiger partial charge in [-0.2, -0.15) is 0 Å². The lowest BCUT2D eigenvalue weighted by Crippen LogP contribution is -2.38. The molecule has 1 aromatic carbocycles. The van der Waals surface area contributed by atoms with Gasteiger partial charge in [-0.1, -0.05) is 25.6 Å². The smallest absolute Gasteiger partial charge is 0.233 e. The molecule has 1 heterocycles. The van der Waals surface area contributed by atoms with Crippen molar-refractivity contribution in [2.45, 2.75) is 49.2 Å². The minimum absolute atomic E-state index is 0.0764. The molecule has 0 bridgehead atoms. The zero-order chi connectivity index (χ0) is 15.4. The SMILES string of the molecule is CCC(CC)NC(=O)C(C)Sc1nc2ccc(N)cc2s1. The number of carbonyl (C=O) groups excluding carboxylic acids is 1. The number of aromatic nitrogens is 1. The number of nitrogens with one attached hydrogen (secondary N) is 1. The van der Waals surface area contributed by atoms with Crippen molar-refractivity contribution < 1.29 is 4.79 Å². The summed E-state index contributed by atoms with van der Waals surface area (Å²) < 4.78 is 1.97. The number of rotatable bonds is 6. The first-order valence-electron chi connectivity index (χ1n) is 7.16. The number of benzene rings is 1. The Bertz CT molecular complexity index is 622. The van der Waals surface area contributed by atoms with Crippen LogP contribution < -0.4 is 11.1 Å². The Morgan fingerprint density at radius 3 is 2.81 bits per heavy atom. The third kappa shape index (κ3) is 4.11. The molecule has 0 radical (unpaired) electrons. The Morgan fingerprint density at radius 2 is 2.14 bits per heavy atom. The standard InChI is InChI=1S/C15H21N3OS2/c1-4-11(5-2)17-14(19)9(3)20-15-18-12-7-6-10(16)8-13(12)21-15/h6-9,11H,4-5,16H2,1-3H3,(H,17,19). The van der Waals surface area contributed by atoms with Gasteiger partial charge in [-0.15, -0.1) is 11.3 Å². The number of anilines is 1. The third-order valence-corrected chi connectivity index (χ3v) is 5.58. The average Bonchev–Trinajstić information content (AvgIpc) is 2.85. The molecule has 1 aromatic heterocycles. The minimum Gasteiger partial charge on any atom is -0.399 e. The van der Waals surface area contributed by atoms with Crippen molar-refractivity contribution in [2.75, 3.05) is 5.73 Å². The van der Waals surface area contributed by atoms with Gasteiger partial charge in [-0.05, 0) is 38.0 Å². The van der Waals surface area contributed by atoms with Crippen LogP contribution in [0.2, 0.25) is 0 Å². The first-order valence-corrected chi connectivity index (χ1v) is 8.86. The molecule has 1 atom stereocenters. The number of nitrogens with zero attached hydrogens (tertiary/aromatic N) is 1. The topological polar surface area (TPSA) is 68.0 Å². The van der Waals surface area contributed by atoms with Gasteiger partial charge in [0.05, 0.1) is 15.5 Å². The number of thiazole rings is 1. The molecule has 6 heteroatoms. The van der Waals surface area contributed by atoms with E-state index in [1.165, 1.54) is 11.8 Å². The lowest BCUT2D eigenvalue weighted by Gasteiger charge is -2.17. The molecule has 0 saturated heterocycles. The summed E-state index contributed by atoms with van der Waals surface area (Å²) in [6, 6.07) is 5.95. The number of carbonyl (C=O) groups is 1. The molecular weight excluding hydrogens is 302 g/mol. The van der Waals surface area contributed by atoms with Gasteiger partial charge >= 0.3 is 0 Å². The van der Waals surface area contributed by atoms with Crippen LogP contribution in [0.4, 0.5) is 5.69 Å². The van der Waals surface area contributed by atoms with Gasteiger partial charge in [0.2, 0.25) is 5.91 Å². The second-order valence-corrected chi connectivity index (χ2v) is 7.61. The predicted octanol–water partition coefficient (Wildman–Crippen LogP) is 3.66. The molecule has 0 aliphatic heterocycles.